The van der Waals surface area contributed by atoms with Gasteiger partial charge in [0.1, 0.15) is 12.0 Å². The Hall–Kier alpha value is -3.12. The standard InChI is InChI=1S/C24H30N6/c1-2-13-26-23-21(25)24(28-18-27-23)30-16-14-29(15-17-30)22(19-9-5-3-6-10-19)20-11-7-4-8-12-20/h3-12,18,22H,2,13-17,25H2,1H3,(H,26,27,28). The third-order valence-electron chi connectivity index (χ3n) is 5.61. The highest BCUT2D eigenvalue weighted by atomic mass is 15.3. The Balaban J connectivity index is 1.52. The summed E-state index contributed by atoms with van der Waals surface area (Å²) < 4.78 is 0. The molecular formula is C24H30N6. The number of anilines is 3. The summed E-state index contributed by atoms with van der Waals surface area (Å²) in [6.45, 7) is 6.62. The van der Waals surface area contributed by atoms with E-state index in [2.05, 4.69) is 92.7 Å². The van der Waals surface area contributed by atoms with Crippen LogP contribution in [0.25, 0.3) is 0 Å². The Labute approximate surface area is 178 Å². The fourth-order valence-electron chi connectivity index (χ4n) is 4.10. The van der Waals surface area contributed by atoms with Crippen LogP contribution in [-0.4, -0.2) is 47.6 Å². The molecule has 6 nitrogen and oxygen atoms in total. The minimum absolute atomic E-state index is 0.249. The Morgan fingerprint density at radius 3 is 2.07 bits per heavy atom. The molecule has 0 atom stereocenters. The second-order valence-corrected chi connectivity index (χ2v) is 7.63. The van der Waals surface area contributed by atoms with Crippen LogP contribution >= 0.6 is 0 Å². The molecule has 4 rings (SSSR count). The van der Waals surface area contributed by atoms with Crippen molar-refractivity contribution in [2.45, 2.75) is 19.4 Å². The predicted octanol–water partition coefficient (Wildman–Crippen LogP) is 3.79. The first-order chi connectivity index (χ1) is 14.8. The molecule has 1 aromatic heterocycles. The van der Waals surface area contributed by atoms with E-state index in [0.29, 0.717) is 5.69 Å². The number of piperazine rings is 1. The first-order valence-electron chi connectivity index (χ1n) is 10.7. The van der Waals surface area contributed by atoms with Gasteiger partial charge in [0.25, 0.3) is 0 Å². The van der Waals surface area contributed by atoms with Crippen LogP contribution in [-0.2, 0) is 0 Å². The zero-order valence-electron chi connectivity index (χ0n) is 17.5. The van der Waals surface area contributed by atoms with Crippen LogP contribution in [0.5, 0.6) is 0 Å². The van der Waals surface area contributed by atoms with Gasteiger partial charge in [0, 0.05) is 32.7 Å². The maximum Gasteiger partial charge on any atom is 0.157 e. The minimum Gasteiger partial charge on any atom is -0.393 e. The van der Waals surface area contributed by atoms with E-state index < -0.39 is 0 Å². The van der Waals surface area contributed by atoms with Gasteiger partial charge in [-0.15, -0.1) is 0 Å². The molecule has 0 aliphatic carbocycles. The van der Waals surface area contributed by atoms with Gasteiger partial charge < -0.3 is 16.0 Å². The van der Waals surface area contributed by atoms with Crippen molar-refractivity contribution >= 4 is 17.3 Å². The van der Waals surface area contributed by atoms with E-state index in [-0.39, 0.29) is 6.04 Å². The molecule has 6 heteroatoms. The molecule has 0 radical (unpaired) electrons. The molecule has 2 aromatic carbocycles. The molecule has 0 amide bonds. The molecule has 1 aliphatic rings. The van der Waals surface area contributed by atoms with E-state index >= 15 is 0 Å². The Bertz CT molecular complexity index is 883. The Kier molecular flexibility index (Phi) is 6.44. The van der Waals surface area contributed by atoms with Crippen molar-refractivity contribution < 1.29 is 0 Å². The van der Waals surface area contributed by atoms with E-state index in [1.807, 2.05) is 0 Å². The van der Waals surface area contributed by atoms with Crippen molar-refractivity contribution in [1.29, 1.82) is 0 Å². The predicted molar refractivity (Wildman–Crippen MR) is 124 cm³/mol. The van der Waals surface area contributed by atoms with Gasteiger partial charge in [-0.3, -0.25) is 4.90 Å². The van der Waals surface area contributed by atoms with E-state index in [1.165, 1.54) is 11.1 Å². The van der Waals surface area contributed by atoms with Crippen molar-refractivity contribution in [3.8, 4) is 0 Å². The topological polar surface area (TPSA) is 70.3 Å². The number of aromatic nitrogens is 2. The van der Waals surface area contributed by atoms with Crippen LogP contribution in [0.1, 0.15) is 30.5 Å². The van der Waals surface area contributed by atoms with Gasteiger partial charge in [-0.2, -0.15) is 0 Å². The molecule has 1 fully saturated rings. The van der Waals surface area contributed by atoms with Crippen LogP contribution in [0.15, 0.2) is 67.0 Å². The molecule has 1 aliphatic heterocycles. The summed E-state index contributed by atoms with van der Waals surface area (Å²) in [5.41, 5.74) is 9.68. The molecular weight excluding hydrogens is 372 g/mol. The third-order valence-corrected chi connectivity index (χ3v) is 5.61. The first kappa shape index (κ1) is 20.2. The molecule has 0 unspecified atom stereocenters. The lowest BCUT2D eigenvalue weighted by Crippen LogP contribution is -2.48. The SMILES string of the molecule is CCCNc1ncnc(N2CCN(C(c3ccccc3)c3ccccc3)CC2)c1N. The highest BCUT2D eigenvalue weighted by Crippen LogP contribution is 2.32. The minimum atomic E-state index is 0.249. The van der Waals surface area contributed by atoms with Crippen LogP contribution in [0.2, 0.25) is 0 Å². The van der Waals surface area contributed by atoms with Crippen molar-refractivity contribution in [3.63, 3.8) is 0 Å². The lowest BCUT2D eigenvalue weighted by atomic mass is 9.96. The summed E-state index contributed by atoms with van der Waals surface area (Å²) in [4.78, 5) is 13.6. The van der Waals surface area contributed by atoms with Crippen LogP contribution < -0.4 is 16.0 Å². The zero-order chi connectivity index (χ0) is 20.8. The number of nitrogen functional groups attached to an aromatic ring is 1. The quantitative estimate of drug-likeness (QED) is 0.627. The summed E-state index contributed by atoms with van der Waals surface area (Å²) in [6.07, 6.45) is 2.63. The molecule has 156 valence electrons. The Morgan fingerprint density at radius 1 is 0.900 bits per heavy atom. The number of nitrogens with zero attached hydrogens (tertiary/aromatic N) is 4. The van der Waals surface area contributed by atoms with Gasteiger partial charge in [0.15, 0.2) is 11.6 Å². The lowest BCUT2D eigenvalue weighted by molar-refractivity contribution is 0.212. The van der Waals surface area contributed by atoms with E-state index in [4.69, 9.17) is 5.73 Å². The maximum absolute atomic E-state index is 6.39. The molecule has 1 saturated heterocycles. The number of hydrogen-bond donors (Lipinski definition) is 2. The van der Waals surface area contributed by atoms with Gasteiger partial charge >= 0.3 is 0 Å². The molecule has 0 spiro atoms. The number of hydrogen-bond acceptors (Lipinski definition) is 6. The van der Waals surface area contributed by atoms with Gasteiger partial charge in [0.2, 0.25) is 0 Å². The fraction of sp³-hybridized carbons (Fsp3) is 0.333. The molecule has 2 heterocycles. The zero-order valence-corrected chi connectivity index (χ0v) is 17.5. The van der Waals surface area contributed by atoms with Crippen molar-refractivity contribution in [1.82, 2.24) is 14.9 Å². The first-order valence-corrected chi connectivity index (χ1v) is 10.7. The third kappa shape index (κ3) is 4.39. The van der Waals surface area contributed by atoms with Crippen LogP contribution in [0, 0.1) is 0 Å². The molecule has 0 saturated carbocycles. The molecule has 3 N–H and O–H groups in total. The van der Waals surface area contributed by atoms with E-state index in [0.717, 1.165) is 50.8 Å². The van der Waals surface area contributed by atoms with Crippen molar-refractivity contribution in [2.24, 2.45) is 0 Å². The summed E-state index contributed by atoms with van der Waals surface area (Å²) in [6, 6.07) is 21.8. The molecule has 0 bridgehead atoms. The second kappa shape index (κ2) is 9.59. The van der Waals surface area contributed by atoms with Crippen LogP contribution in [0.4, 0.5) is 17.3 Å². The summed E-state index contributed by atoms with van der Waals surface area (Å²) in [5.74, 6) is 1.56. The average molecular weight is 403 g/mol. The summed E-state index contributed by atoms with van der Waals surface area (Å²) in [7, 11) is 0. The molecule has 30 heavy (non-hydrogen) atoms. The van der Waals surface area contributed by atoms with Gasteiger partial charge in [-0.1, -0.05) is 67.6 Å². The Morgan fingerprint density at radius 2 is 1.50 bits per heavy atom. The normalized spacial score (nSPS) is 14.8. The van der Waals surface area contributed by atoms with E-state index in [1.54, 1.807) is 6.33 Å². The molecule has 3 aromatic rings. The number of nitrogens with two attached hydrogens (primary N) is 1. The number of benzene rings is 2. The summed E-state index contributed by atoms with van der Waals surface area (Å²) >= 11 is 0. The largest absolute Gasteiger partial charge is 0.393 e. The van der Waals surface area contributed by atoms with Crippen molar-refractivity contribution in [2.75, 3.05) is 48.7 Å². The average Bonchev–Trinajstić information content (AvgIpc) is 2.81. The maximum atomic E-state index is 6.39. The fourth-order valence-corrected chi connectivity index (χ4v) is 4.10. The highest BCUT2D eigenvalue weighted by Gasteiger charge is 2.27. The van der Waals surface area contributed by atoms with Gasteiger partial charge in [-0.25, -0.2) is 9.97 Å². The smallest absolute Gasteiger partial charge is 0.157 e. The van der Waals surface area contributed by atoms with E-state index in [9.17, 15) is 0 Å². The van der Waals surface area contributed by atoms with Crippen molar-refractivity contribution in [3.05, 3.63) is 78.1 Å². The van der Waals surface area contributed by atoms with Gasteiger partial charge in [-0.05, 0) is 17.5 Å². The monoisotopic (exact) mass is 402 g/mol. The van der Waals surface area contributed by atoms with Gasteiger partial charge in [0.05, 0.1) is 6.04 Å². The lowest BCUT2D eigenvalue weighted by Gasteiger charge is -2.40. The summed E-state index contributed by atoms with van der Waals surface area (Å²) in [5, 5.41) is 3.30. The second-order valence-electron chi connectivity index (χ2n) is 7.63. The highest BCUT2D eigenvalue weighted by molar-refractivity contribution is 5.75. The number of nitrogens with one attached hydrogen (secondary N) is 1. The number of rotatable bonds is 7. The van der Waals surface area contributed by atoms with Crippen LogP contribution in [0.3, 0.4) is 0 Å².